The largest absolute Gasteiger partial charge is 0.489 e. The monoisotopic (exact) mass is 323 g/mol. The van der Waals surface area contributed by atoms with Crippen molar-refractivity contribution in [2.45, 2.75) is 58.4 Å². The minimum atomic E-state index is -4.08. The van der Waals surface area contributed by atoms with Gasteiger partial charge in [-0.2, -0.15) is 13.2 Å². The highest BCUT2D eigenvalue weighted by Gasteiger charge is 2.26. The topological polar surface area (TPSA) is 21.3 Å². The molecule has 1 rings (SSSR count). The molecule has 0 heterocycles. The molecule has 0 aliphatic heterocycles. The van der Waals surface area contributed by atoms with Gasteiger partial charge in [0, 0.05) is 18.2 Å². The van der Waals surface area contributed by atoms with E-state index < -0.39 is 12.6 Å². The average molecular weight is 324 g/mol. The van der Waals surface area contributed by atoms with Crippen molar-refractivity contribution in [3.63, 3.8) is 0 Å². The molecule has 1 aromatic rings. The van der Waals surface area contributed by atoms with E-state index in [9.17, 15) is 13.2 Å². The summed E-state index contributed by atoms with van der Waals surface area (Å²) < 4.78 is 41.8. The number of rotatable bonds is 7. The zero-order chi connectivity index (χ0) is 16.0. The van der Waals surface area contributed by atoms with E-state index in [2.05, 4.69) is 5.32 Å². The second-order valence-corrected chi connectivity index (χ2v) is 5.77. The van der Waals surface area contributed by atoms with E-state index in [-0.39, 0.29) is 18.6 Å². The van der Waals surface area contributed by atoms with Crippen molar-refractivity contribution in [2.24, 2.45) is 0 Å². The van der Waals surface area contributed by atoms with Crippen LogP contribution in [0.15, 0.2) is 18.2 Å². The van der Waals surface area contributed by atoms with Crippen LogP contribution in [0.25, 0.3) is 0 Å². The lowest BCUT2D eigenvalue weighted by atomic mass is 10.1. The molecule has 0 saturated heterocycles. The molecule has 0 amide bonds. The first-order valence-corrected chi connectivity index (χ1v) is 7.34. The summed E-state index contributed by atoms with van der Waals surface area (Å²) in [6.07, 6.45) is -4.25. The summed E-state index contributed by atoms with van der Waals surface area (Å²) >= 11 is 6.11. The molecular weight excluding hydrogens is 303 g/mol. The van der Waals surface area contributed by atoms with E-state index in [1.165, 1.54) is 0 Å². The smallest absolute Gasteiger partial charge is 0.389 e. The quantitative estimate of drug-likeness (QED) is 0.699. The van der Waals surface area contributed by atoms with Crippen molar-refractivity contribution in [1.82, 2.24) is 0 Å². The molecule has 120 valence electrons. The predicted molar refractivity (Wildman–Crippen MR) is 80.2 cm³/mol. The second kappa shape index (κ2) is 7.78. The fraction of sp³-hybridized carbons (Fsp3) is 0.600. The number of anilines is 1. The fourth-order valence-electron chi connectivity index (χ4n) is 1.91. The van der Waals surface area contributed by atoms with Crippen molar-refractivity contribution >= 4 is 17.3 Å². The summed E-state index contributed by atoms with van der Waals surface area (Å²) in [7, 11) is 0. The van der Waals surface area contributed by atoms with Gasteiger partial charge in [-0.1, -0.05) is 11.6 Å². The maximum atomic E-state index is 12.1. The molecule has 0 fully saturated rings. The molecule has 1 aromatic carbocycles. The lowest BCUT2D eigenvalue weighted by Crippen LogP contribution is -2.16. The number of hydrogen-bond donors (Lipinski definition) is 1. The van der Waals surface area contributed by atoms with Gasteiger partial charge in [-0.15, -0.1) is 0 Å². The maximum Gasteiger partial charge on any atom is 0.389 e. The van der Waals surface area contributed by atoms with Crippen molar-refractivity contribution in [2.75, 3.05) is 5.32 Å². The van der Waals surface area contributed by atoms with Crippen molar-refractivity contribution in [3.8, 4) is 5.75 Å². The second-order valence-electron chi connectivity index (χ2n) is 5.36. The van der Waals surface area contributed by atoms with Crippen LogP contribution in [0.1, 0.15) is 40.0 Å². The van der Waals surface area contributed by atoms with E-state index in [0.29, 0.717) is 17.2 Å². The SMILES string of the molecule is CC(CCCC(F)(F)F)Nc1ccc(OC(C)C)c(Cl)c1. The summed E-state index contributed by atoms with van der Waals surface area (Å²) in [5.74, 6) is 0.599. The van der Waals surface area contributed by atoms with Crippen LogP contribution >= 0.6 is 11.6 Å². The zero-order valence-corrected chi connectivity index (χ0v) is 13.2. The van der Waals surface area contributed by atoms with Gasteiger partial charge in [0.05, 0.1) is 11.1 Å². The number of hydrogen-bond acceptors (Lipinski definition) is 2. The van der Waals surface area contributed by atoms with Gasteiger partial charge in [0.2, 0.25) is 0 Å². The fourth-order valence-corrected chi connectivity index (χ4v) is 2.13. The van der Waals surface area contributed by atoms with Gasteiger partial charge in [-0.05, 0) is 51.8 Å². The molecule has 0 spiro atoms. The number of ether oxygens (including phenoxy) is 1. The van der Waals surface area contributed by atoms with Crippen LogP contribution in [0.3, 0.4) is 0 Å². The third kappa shape index (κ3) is 7.46. The van der Waals surface area contributed by atoms with Gasteiger partial charge in [0.1, 0.15) is 5.75 Å². The summed E-state index contributed by atoms with van der Waals surface area (Å²) in [4.78, 5) is 0. The van der Waals surface area contributed by atoms with Crippen molar-refractivity contribution in [3.05, 3.63) is 23.2 Å². The van der Waals surface area contributed by atoms with Gasteiger partial charge in [0.15, 0.2) is 0 Å². The Morgan fingerprint density at radius 1 is 1.24 bits per heavy atom. The molecular formula is C15H21ClF3NO. The van der Waals surface area contributed by atoms with Gasteiger partial charge in [-0.25, -0.2) is 0 Å². The summed E-state index contributed by atoms with van der Waals surface area (Å²) in [6, 6.07) is 5.23. The Hall–Kier alpha value is -1.10. The Morgan fingerprint density at radius 3 is 2.43 bits per heavy atom. The number of alkyl halides is 3. The van der Waals surface area contributed by atoms with Crippen LogP contribution in [0.5, 0.6) is 5.75 Å². The highest BCUT2D eigenvalue weighted by molar-refractivity contribution is 6.32. The molecule has 0 saturated carbocycles. The molecule has 1 N–H and O–H groups in total. The van der Waals surface area contributed by atoms with Crippen LogP contribution in [-0.2, 0) is 0 Å². The van der Waals surface area contributed by atoms with E-state index >= 15 is 0 Å². The molecule has 1 unspecified atom stereocenters. The number of benzene rings is 1. The average Bonchev–Trinajstić information content (AvgIpc) is 2.30. The lowest BCUT2D eigenvalue weighted by molar-refractivity contribution is -0.135. The Morgan fingerprint density at radius 2 is 1.90 bits per heavy atom. The molecule has 0 aliphatic rings. The minimum Gasteiger partial charge on any atom is -0.489 e. The Bertz CT molecular complexity index is 449. The first kappa shape index (κ1) is 18.0. The third-order valence-electron chi connectivity index (χ3n) is 2.81. The van der Waals surface area contributed by atoms with Crippen LogP contribution in [0.4, 0.5) is 18.9 Å². The Balaban J connectivity index is 2.49. The summed E-state index contributed by atoms with van der Waals surface area (Å²) in [5.41, 5.74) is 0.774. The Labute approximate surface area is 128 Å². The standard InChI is InChI=1S/C15H21ClF3NO/c1-10(2)21-14-7-6-12(9-13(14)16)20-11(3)5-4-8-15(17,18)19/h6-7,9-11,20H,4-5,8H2,1-3H3. The highest BCUT2D eigenvalue weighted by atomic mass is 35.5. The summed E-state index contributed by atoms with van der Waals surface area (Å²) in [6.45, 7) is 5.67. The maximum absolute atomic E-state index is 12.1. The summed E-state index contributed by atoms with van der Waals surface area (Å²) in [5, 5.41) is 3.62. The van der Waals surface area contributed by atoms with Crippen LogP contribution in [0, 0.1) is 0 Å². The third-order valence-corrected chi connectivity index (χ3v) is 3.10. The number of halogens is 4. The zero-order valence-electron chi connectivity index (χ0n) is 12.4. The normalized spacial score (nSPS) is 13.3. The van der Waals surface area contributed by atoms with Crippen LogP contribution in [0.2, 0.25) is 5.02 Å². The predicted octanol–water partition coefficient (Wildman–Crippen LogP) is 5.66. The molecule has 0 bridgehead atoms. The lowest BCUT2D eigenvalue weighted by Gasteiger charge is -2.17. The molecule has 1 atom stereocenters. The van der Waals surface area contributed by atoms with Crippen molar-refractivity contribution in [1.29, 1.82) is 0 Å². The van der Waals surface area contributed by atoms with Crippen LogP contribution < -0.4 is 10.1 Å². The van der Waals surface area contributed by atoms with Gasteiger partial charge >= 0.3 is 6.18 Å². The van der Waals surface area contributed by atoms with Crippen LogP contribution in [-0.4, -0.2) is 18.3 Å². The first-order chi connectivity index (χ1) is 9.67. The van der Waals surface area contributed by atoms with E-state index in [4.69, 9.17) is 16.3 Å². The number of nitrogens with one attached hydrogen (secondary N) is 1. The van der Waals surface area contributed by atoms with E-state index in [1.54, 1.807) is 12.1 Å². The molecule has 2 nitrogen and oxygen atoms in total. The van der Waals surface area contributed by atoms with E-state index in [1.807, 2.05) is 26.8 Å². The highest BCUT2D eigenvalue weighted by Crippen LogP contribution is 2.29. The van der Waals surface area contributed by atoms with Gasteiger partial charge < -0.3 is 10.1 Å². The molecule has 0 aromatic heterocycles. The Kier molecular flexibility index (Phi) is 6.65. The first-order valence-electron chi connectivity index (χ1n) is 6.97. The van der Waals surface area contributed by atoms with Gasteiger partial charge in [0.25, 0.3) is 0 Å². The molecule has 0 radical (unpaired) electrons. The van der Waals surface area contributed by atoms with Gasteiger partial charge in [-0.3, -0.25) is 0 Å². The minimum absolute atomic E-state index is 0.0302. The van der Waals surface area contributed by atoms with E-state index in [0.717, 1.165) is 5.69 Å². The molecule has 6 heteroatoms. The molecule has 21 heavy (non-hydrogen) atoms. The molecule has 0 aliphatic carbocycles. The van der Waals surface area contributed by atoms with Crippen molar-refractivity contribution < 1.29 is 17.9 Å².